The van der Waals surface area contributed by atoms with E-state index in [-0.39, 0.29) is 18.8 Å². The van der Waals surface area contributed by atoms with Crippen LogP contribution in [-0.2, 0) is 22.6 Å². The molecular weight excluding hydrogens is 640 g/mol. The normalized spacial score (nSPS) is 14.5. The number of allylic oxidation sites excluding steroid dienone is 2. The summed E-state index contributed by atoms with van der Waals surface area (Å²) in [6.45, 7) is 10.3. The minimum atomic E-state index is -0.677. The average Bonchev–Trinajstić information content (AvgIpc) is 3.34. The summed E-state index contributed by atoms with van der Waals surface area (Å²) in [6, 6.07) is 18.6. The molecule has 2 heterocycles. The van der Waals surface area contributed by atoms with Gasteiger partial charge in [-0.15, -0.1) is 18.3 Å². The molecule has 0 fully saturated rings. The van der Waals surface area contributed by atoms with Crippen molar-refractivity contribution in [2.45, 2.75) is 44.7 Å². The lowest BCUT2D eigenvalue weighted by molar-refractivity contribution is -0.139. The predicted molar refractivity (Wildman–Crippen MR) is 186 cm³/mol. The van der Waals surface area contributed by atoms with E-state index in [0.717, 1.165) is 27.1 Å². The van der Waals surface area contributed by atoms with Gasteiger partial charge in [0, 0.05) is 21.0 Å². The number of ether oxygens (including phenoxy) is 3. The molecule has 0 saturated heterocycles. The first-order chi connectivity index (χ1) is 22.3. The molecule has 1 aliphatic heterocycles. The van der Waals surface area contributed by atoms with Crippen molar-refractivity contribution < 1.29 is 19.0 Å². The summed E-state index contributed by atoms with van der Waals surface area (Å²) in [5.41, 5.74) is 3.91. The standard InChI is InChI=1S/C36H35ClN2O5S2/c1-6-11-25-18-23(19-29(42-7-2)33(25)44-21-26-12-9-10-13-28(26)37)20-30-34(40)39-32(24-14-16-27(45-5)17-15-24)31(35(41)43-8-3)22(4)38-36(39)46-30/h6,9-10,12-20,32H,1,7-8,11,21H2,2-5H3/b30-20+/t32-/m0/s1. The summed E-state index contributed by atoms with van der Waals surface area (Å²) in [7, 11) is 0. The molecule has 10 heteroatoms. The van der Waals surface area contributed by atoms with Gasteiger partial charge in [-0.1, -0.05) is 59.3 Å². The first-order valence-corrected chi connectivity index (χ1v) is 17.3. The van der Waals surface area contributed by atoms with Gasteiger partial charge < -0.3 is 14.2 Å². The average molecular weight is 675 g/mol. The van der Waals surface area contributed by atoms with Gasteiger partial charge in [0.05, 0.1) is 35.1 Å². The Labute approximate surface area is 281 Å². The largest absolute Gasteiger partial charge is 0.490 e. The maximum atomic E-state index is 14.2. The van der Waals surface area contributed by atoms with Crippen LogP contribution in [0.25, 0.3) is 6.08 Å². The lowest BCUT2D eigenvalue weighted by atomic mass is 9.96. The van der Waals surface area contributed by atoms with Crippen LogP contribution < -0.4 is 24.4 Å². The molecule has 0 saturated carbocycles. The summed E-state index contributed by atoms with van der Waals surface area (Å²) in [4.78, 5) is 33.7. The summed E-state index contributed by atoms with van der Waals surface area (Å²) < 4.78 is 19.8. The van der Waals surface area contributed by atoms with Crippen molar-refractivity contribution in [1.82, 2.24) is 4.57 Å². The fraction of sp³-hybridized carbons (Fsp3) is 0.250. The summed E-state index contributed by atoms with van der Waals surface area (Å²) in [5.74, 6) is 0.670. The quantitative estimate of drug-likeness (QED) is 0.0927. The number of hydrogen-bond donors (Lipinski definition) is 0. The maximum Gasteiger partial charge on any atom is 0.338 e. The predicted octanol–water partition coefficient (Wildman–Crippen LogP) is 6.88. The molecule has 3 aromatic carbocycles. The van der Waals surface area contributed by atoms with E-state index in [9.17, 15) is 9.59 Å². The number of aromatic nitrogens is 1. The van der Waals surface area contributed by atoms with Crippen LogP contribution in [-0.4, -0.2) is 30.0 Å². The molecule has 1 aliphatic rings. The van der Waals surface area contributed by atoms with E-state index in [1.807, 2.05) is 79.9 Å². The van der Waals surface area contributed by atoms with Crippen molar-refractivity contribution >= 4 is 46.7 Å². The van der Waals surface area contributed by atoms with E-state index in [0.29, 0.717) is 50.2 Å². The third-order valence-corrected chi connectivity index (χ3v) is 9.49. The highest BCUT2D eigenvalue weighted by molar-refractivity contribution is 7.98. The van der Waals surface area contributed by atoms with Crippen LogP contribution in [0.4, 0.5) is 0 Å². The van der Waals surface area contributed by atoms with Gasteiger partial charge in [-0.3, -0.25) is 9.36 Å². The molecule has 238 valence electrons. The number of halogens is 1. The van der Waals surface area contributed by atoms with Gasteiger partial charge in [-0.25, -0.2) is 9.79 Å². The number of nitrogens with zero attached hydrogens (tertiary/aromatic N) is 2. The highest BCUT2D eigenvalue weighted by atomic mass is 35.5. The Balaban J connectivity index is 1.63. The Morgan fingerprint density at radius 1 is 1.09 bits per heavy atom. The van der Waals surface area contributed by atoms with Crippen molar-refractivity contribution in [2.75, 3.05) is 19.5 Å². The van der Waals surface area contributed by atoms with Gasteiger partial charge in [0.2, 0.25) is 0 Å². The van der Waals surface area contributed by atoms with E-state index in [4.69, 9.17) is 30.8 Å². The number of thioether (sulfide) groups is 1. The number of thiazole rings is 1. The summed E-state index contributed by atoms with van der Waals surface area (Å²) in [5, 5.41) is 0.623. The van der Waals surface area contributed by atoms with E-state index < -0.39 is 12.0 Å². The second-order valence-corrected chi connectivity index (χ2v) is 12.7. The molecule has 7 nitrogen and oxygen atoms in total. The Kier molecular flexibility index (Phi) is 10.9. The molecular formula is C36H35ClN2O5S2. The highest BCUT2D eigenvalue weighted by Gasteiger charge is 2.33. The van der Waals surface area contributed by atoms with Crippen molar-refractivity contribution in [2.24, 2.45) is 4.99 Å². The topological polar surface area (TPSA) is 79.1 Å². The summed E-state index contributed by atoms with van der Waals surface area (Å²) in [6.07, 6.45) is 6.15. The van der Waals surface area contributed by atoms with Gasteiger partial charge in [0.1, 0.15) is 6.61 Å². The molecule has 0 radical (unpaired) electrons. The molecule has 0 bridgehead atoms. The summed E-state index contributed by atoms with van der Waals surface area (Å²) >= 11 is 9.28. The van der Waals surface area contributed by atoms with Crippen LogP contribution in [0.5, 0.6) is 11.5 Å². The van der Waals surface area contributed by atoms with Crippen molar-refractivity contribution in [3.05, 3.63) is 132 Å². The van der Waals surface area contributed by atoms with Crippen LogP contribution >= 0.6 is 34.7 Å². The third-order valence-electron chi connectivity index (χ3n) is 7.39. The molecule has 4 aromatic rings. The minimum Gasteiger partial charge on any atom is -0.490 e. The lowest BCUT2D eigenvalue weighted by Crippen LogP contribution is -2.39. The van der Waals surface area contributed by atoms with Crippen LogP contribution in [0, 0.1) is 0 Å². The van der Waals surface area contributed by atoms with Crippen molar-refractivity contribution in [3.8, 4) is 11.5 Å². The number of carbonyl (C=O) groups excluding carboxylic acids is 1. The minimum absolute atomic E-state index is 0.214. The van der Waals surface area contributed by atoms with E-state index >= 15 is 0 Å². The number of hydrogen-bond acceptors (Lipinski definition) is 8. The zero-order valence-electron chi connectivity index (χ0n) is 26.2. The van der Waals surface area contributed by atoms with E-state index in [1.54, 1.807) is 36.3 Å². The Morgan fingerprint density at radius 2 is 1.85 bits per heavy atom. The van der Waals surface area contributed by atoms with Crippen molar-refractivity contribution in [3.63, 3.8) is 0 Å². The zero-order valence-corrected chi connectivity index (χ0v) is 28.6. The van der Waals surface area contributed by atoms with Crippen molar-refractivity contribution in [1.29, 1.82) is 0 Å². The number of carbonyl (C=O) groups is 1. The smallest absolute Gasteiger partial charge is 0.338 e. The molecule has 0 spiro atoms. The zero-order chi connectivity index (χ0) is 32.8. The molecule has 1 aromatic heterocycles. The maximum absolute atomic E-state index is 14.2. The van der Waals surface area contributed by atoms with Gasteiger partial charge in [0.15, 0.2) is 16.3 Å². The SMILES string of the molecule is C=CCc1cc(/C=c2/sc3n(c2=O)[C@@H](c2ccc(SC)cc2)C(C(=O)OCC)=C(C)N=3)cc(OCC)c1OCc1ccccc1Cl. The van der Waals surface area contributed by atoms with Crippen LogP contribution in [0.2, 0.25) is 5.02 Å². The molecule has 0 aliphatic carbocycles. The van der Waals surface area contributed by atoms with E-state index in [2.05, 4.69) is 6.58 Å². The number of benzene rings is 3. The Morgan fingerprint density at radius 3 is 2.52 bits per heavy atom. The number of rotatable bonds is 12. The Bertz CT molecular complexity index is 1980. The second-order valence-electron chi connectivity index (χ2n) is 10.4. The molecule has 5 rings (SSSR count). The Hall–Kier alpha value is -4.05. The molecule has 1 atom stereocenters. The fourth-order valence-electron chi connectivity index (χ4n) is 5.31. The van der Waals surface area contributed by atoms with Crippen LogP contribution in [0.15, 0.2) is 99.3 Å². The van der Waals surface area contributed by atoms with Gasteiger partial charge >= 0.3 is 5.97 Å². The molecule has 46 heavy (non-hydrogen) atoms. The number of esters is 1. The third kappa shape index (κ3) is 7.02. The molecule has 0 N–H and O–H groups in total. The number of fused-ring (bicyclic) bond motifs is 1. The van der Waals surface area contributed by atoms with E-state index in [1.165, 1.54) is 11.3 Å². The first kappa shape index (κ1) is 33.3. The second kappa shape index (κ2) is 15.0. The van der Waals surface area contributed by atoms with Gasteiger partial charge in [0.25, 0.3) is 5.56 Å². The lowest BCUT2D eigenvalue weighted by Gasteiger charge is -2.24. The van der Waals surface area contributed by atoms with Crippen LogP contribution in [0.1, 0.15) is 49.1 Å². The van der Waals surface area contributed by atoms with Gasteiger partial charge in [-0.05, 0) is 81.0 Å². The first-order valence-electron chi connectivity index (χ1n) is 14.9. The monoisotopic (exact) mass is 674 g/mol. The van der Waals surface area contributed by atoms with Gasteiger partial charge in [-0.2, -0.15) is 0 Å². The fourth-order valence-corrected chi connectivity index (χ4v) is 6.96. The highest BCUT2D eigenvalue weighted by Crippen LogP contribution is 2.36. The molecule has 0 amide bonds. The molecule has 0 unspecified atom stereocenters. The van der Waals surface area contributed by atoms with Crippen LogP contribution in [0.3, 0.4) is 0 Å².